The van der Waals surface area contributed by atoms with Crippen LogP contribution in [0, 0.1) is 12.7 Å². The van der Waals surface area contributed by atoms with E-state index in [0.717, 1.165) is 0 Å². The van der Waals surface area contributed by atoms with Crippen LogP contribution in [0.1, 0.15) is 23.6 Å². The van der Waals surface area contributed by atoms with E-state index < -0.39 is 11.8 Å². The topological polar surface area (TPSA) is 68.1 Å². The first-order valence-corrected chi connectivity index (χ1v) is 6.83. The summed E-state index contributed by atoms with van der Waals surface area (Å²) < 4.78 is 19.2. The number of phenols is 1. The van der Waals surface area contributed by atoms with Crippen molar-refractivity contribution in [2.24, 2.45) is 5.16 Å². The minimum Gasteiger partial charge on any atom is -0.507 e. The van der Waals surface area contributed by atoms with Crippen LogP contribution in [0.5, 0.6) is 11.5 Å². The summed E-state index contributed by atoms with van der Waals surface area (Å²) in [5.74, 6) is -0.847. The fraction of sp³-hybridized carbons (Fsp3) is 0.176. The van der Waals surface area contributed by atoms with Gasteiger partial charge in [-0.15, -0.1) is 0 Å². The van der Waals surface area contributed by atoms with Gasteiger partial charge >= 0.3 is 5.97 Å². The Morgan fingerprint density at radius 3 is 2.48 bits per heavy atom. The van der Waals surface area contributed by atoms with Crippen molar-refractivity contribution in [1.29, 1.82) is 0 Å². The maximum Gasteiger partial charge on any atom is 0.332 e. The van der Waals surface area contributed by atoms with Gasteiger partial charge in [-0.2, -0.15) is 0 Å². The van der Waals surface area contributed by atoms with E-state index >= 15 is 0 Å². The first kappa shape index (κ1) is 16.5. The highest BCUT2D eigenvalue weighted by Crippen LogP contribution is 2.32. The van der Waals surface area contributed by atoms with Crippen molar-refractivity contribution in [3.8, 4) is 11.5 Å². The Morgan fingerprint density at radius 2 is 1.87 bits per heavy atom. The van der Waals surface area contributed by atoms with E-state index in [4.69, 9.17) is 4.74 Å². The third-order valence-electron chi connectivity index (χ3n) is 3.25. The Morgan fingerprint density at radius 1 is 1.17 bits per heavy atom. The molecule has 0 heterocycles. The summed E-state index contributed by atoms with van der Waals surface area (Å²) in [6.45, 7) is 2.84. The monoisotopic (exact) mass is 317 g/mol. The maximum atomic E-state index is 14.1. The molecule has 5 nitrogen and oxygen atoms in total. The van der Waals surface area contributed by atoms with E-state index in [1.165, 1.54) is 38.3 Å². The van der Waals surface area contributed by atoms with Crippen LogP contribution in [-0.2, 0) is 9.63 Å². The summed E-state index contributed by atoms with van der Waals surface area (Å²) in [7, 11) is 1.48. The van der Waals surface area contributed by atoms with Crippen molar-refractivity contribution in [2.75, 3.05) is 7.11 Å². The van der Waals surface area contributed by atoms with Gasteiger partial charge in [0.15, 0.2) is 0 Å². The van der Waals surface area contributed by atoms with E-state index in [-0.39, 0.29) is 22.6 Å². The summed E-state index contributed by atoms with van der Waals surface area (Å²) in [4.78, 5) is 15.7. The number of nitrogens with zero attached hydrogens (tertiary/aromatic N) is 1. The SMILES string of the molecule is COc1ccc(/C(=N\OC(C)=O)c2ccccc2F)c(O)c1C. The van der Waals surface area contributed by atoms with Crippen LogP contribution in [-0.4, -0.2) is 23.9 Å². The molecule has 0 unspecified atom stereocenters. The smallest absolute Gasteiger partial charge is 0.332 e. The molecular weight excluding hydrogens is 301 g/mol. The van der Waals surface area contributed by atoms with E-state index in [1.54, 1.807) is 19.1 Å². The normalized spacial score (nSPS) is 11.2. The van der Waals surface area contributed by atoms with E-state index in [0.29, 0.717) is 11.3 Å². The fourth-order valence-electron chi connectivity index (χ4n) is 2.10. The van der Waals surface area contributed by atoms with Gasteiger partial charge in [0.1, 0.15) is 23.0 Å². The van der Waals surface area contributed by atoms with E-state index in [1.807, 2.05) is 0 Å². The number of benzene rings is 2. The number of oxime groups is 1. The molecule has 1 N–H and O–H groups in total. The number of methoxy groups -OCH3 is 1. The molecule has 0 saturated heterocycles. The van der Waals surface area contributed by atoms with Gasteiger partial charge in [0.2, 0.25) is 0 Å². The second-order valence-electron chi connectivity index (χ2n) is 4.79. The van der Waals surface area contributed by atoms with Gasteiger partial charge in [-0.25, -0.2) is 9.18 Å². The Balaban J connectivity index is 2.64. The highest BCUT2D eigenvalue weighted by molar-refractivity contribution is 6.14. The van der Waals surface area contributed by atoms with Gasteiger partial charge in [-0.3, -0.25) is 0 Å². The molecule has 0 bridgehead atoms. The molecule has 0 aromatic heterocycles. The van der Waals surface area contributed by atoms with Crippen LogP contribution in [0.3, 0.4) is 0 Å². The molecule has 6 heteroatoms. The number of carbonyl (C=O) groups is 1. The zero-order valence-electron chi connectivity index (χ0n) is 13.0. The molecule has 23 heavy (non-hydrogen) atoms. The summed E-state index contributed by atoms with van der Waals surface area (Å²) in [5, 5.41) is 14.1. The van der Waals surface area contributed by atoms with Gasteiger partial charge in [0.05, 0.1) is 7.11 Å². The minimum absolute atomic E-state index is 0.0153. The lowest BCUT2D eigenvalue weighted by Gasteiger charge is -2.13. The molecule has 2 rings (SSSR count). The van der Waals surface area contributed by atoms with Crippen molar-refractivity contribution < 1.29 is 23.9 Å². The molecule has 120 valence electrons. The third kappa shape index (κ3) is 3.48. The molecule has 0 fully saturated rings. The molecule has 0 saturated carbocycles. The Kier molecular flexibility index (Phi) is 4.95. The Hall–Kier alpha value is -2.89. The highest BCUT2D eigenvalue weighted by atomic mass is 19.1. The van der Waals surface area contributed by atoms with Crippen molar-refractivity contribution >= 4 is 11.7 Å². The molecule has 0 aliphatic carbocycles. The molecular formula is C17H16FNO4. The van der Waals surface area contributed by atoms with Crippen molar-refractivity contribution in [3.63, 3.8) is 0 Å². The number of phenolic OH excluding ortho intramolecular Hbond substituents is 1. The molecule has 0 amide bonds. The molecule has 2 aromatic carbocycles. The standard InChI is InChI=1S/C17H16FNO4/c1-10-15(22-3)9-8-13(17(10)21)16(19-23-11(2)20)12-6-4-5-7-14(12)18/h4-9,21H,1-3H3/b19-16-. The number of aromatic hydroxyl groups is 1. The number of carbonyl (C=O) groups excluding carboxylic acids is 1. The Labute approximate surface area is 133 Å². The lowest BCUT2D eigenvalue weighted by molar-refractivity contribution is -0.140. The summed E-state index contributed by atoms with van der Waals surface area (Å²) >= 11 is 0. The zero-order valence-corrected chi connectivity index (χ0v) is 13.0. The number of rotatable bonds is 4. The summed E-state index contributed by atoms with van der Waals surface area (Å²) in [6.07, 6.45) is 0. The average Bonchev–Trinajstić information content (AvgIpc) is 2.52. The van der Waals surface area contributed by atoms with Crippen LogP contribution in [0.15, 0.2) is 41.6 Å². The van der Waals surface area contributed by atoms with Gasteiger partial charge < -0.3 is 14.7 Å². The highest BCUT2D eigenvalue weighted by Gasteiger charge is 2.19. The van der Waals surface area contributed by atoms with Crippen LogP contribution in [0.25, 0.3) is 0 Å². The molecule has 0 radical (unpaired) electrons. The number of hydrogen-bond acceptors (Lipinski definition) is 5. The molecule has 2 aromatic rings. The minimum atomic E-state index is -0.649. The van der Waals surface area contributed by atoms with Gasteiger partial charge in [-0.05, 0) is 31.2 Å². The van der Waals surface area contributed by atoms with Crippen LogP contribution < -0.4 is 4.74 Å². The number of halogens is 1. The second kappa shape index (κ2) is 6.91. The molecule has 0 atom stereocenters. The van der Waals surface area contributed by atoms with Crippen LogP contribution >= 0.6 is 0 Å². The third-order valence-corrected chi connectivity index (χ3v) is 3.25. The maximum absolute atomic E-state index is 14.1. The largest absolute Gasteiger partial charge is 0.507 e. The predicted molar refractivity (Wildman–Crippen MR) is 83.2 cm³/mol. The first-order chi connectivity index (χ1) is 11.0. The second-order valence-corrected chi connectivity index (χ2v) is 4.79. The quantitative estimate of drug-likeness (QED) is 0.534. The van der Waals surface area contributed by atoms with Gasteiger partial charge in [0, 0.05) is 23.6 Å². The van der Waals surface area contributed by atoms with E-state index in [9.17, 15) is 14.3 Å². The predicted octanol–water partition coefficient (Wildman–Crippen LogP) is 3.16. The van der Waals surface area contributed by atoms with Gasteiger partial charge in [-0.1, -0.05) is 17.3 Å². The number of hydrogen-bond donors (Lipinski definition) is 1. The van der Waals surface area contributed by atoms with Crippen LogP contribution in [0.4, 0.5) is 4.39 Å². The van der Waals surface area contributed by atoms with Crippen molar-refractivity contribution in [2.45, 2.75) is 13.8 Å². The average molecular weight is 317 g/mol. The summed E-state index contributed by atoms with van der Waals surface area (Å²) in [6, 6.07) is 9.03. The fourth-order valence-corrected chi connectivity index (χ4v) is 2.10. The zero-order chi connectivity index (χ0) is 17.0. The molecule has 0 aliphatic heterocycles. The van der Waals surface area contributed by atoms with Crippen LogP contribution in [0.2, 0.25) is 0 Å². The lowest BCUT2D eigenvalue weighted by Crippen LogP contribution is -2.09. The molecule has 0 aliphatic rings. The first-order valence-electron chi connectivity index (χ1n) is 6.83. The van der Waals surface area contributed by atoms with Gasteiger partial charge in [0.25, 0.3) is 0 Å². The Bertz CT molecular complexity index is 771. The number of ether oxygens (including phenoxy) is 1. The van der Waals surface area contributed by atoms with Crippen molar-refractivity contribution in [3.05, 3.63) is 58.9 Å². The summed E-state index contributed by atoms with van der Waals surface area (Å²) in [5.41, 5.74) is 0.821. The lowest BCUT2D eigenvalue weighted by atomic mass is 9.98. The molecule has 0 spiro atoms. The van der Waals surface area contributed by atoms with Crippen molar-refractivity contribution in [1.82, 2.24) is 0 Å². The van der Waals surface area contributed by atoms with E-state index in [2.05, 4.69) is 9.99 Å².